The predicted octanol–water partition coefficient (Wildman–Crippen LogP) is 5.51. The van der Waals surface area contributed by atoms with Crippen LogP contribution in [0.25, 0.3) is 16.5 Å². The van der Waals surface area contributed by atoms with Gasteiger partial charge in [-0.15, -0.1) is 0 Å². The Bertz CT molecular complexity index is 1520. The Balaban J connectivity index is 1.35. The van der Waals surface area contributed by atoms with Crippen molar-refractivity contribution < 1.29 is 19.1 Å². The number of urea groups is 1. The highest BCUT2D eigenvalue weighted by molar-refractivity contribution is 6.07. The number of nitrogens with zero attached hydrogens (tertiary/aromatic N) is 3. The molecule has 0 saturated carbocycles. The van der Waals surface area contributed by atoms with E-state index in [-0.39, 0.29) is 17.9 Å². The van der Waals surface area contributed by atoms with Crippen molar-refractivity contribution in [2.24, 2.45) is 0 Å². The van der Waals surface area contributed by atoms with Crippen molar-refractivity contribution in [3.63, 3.8) is 0 Å². The third kappa shape index (κ3) is 6.10. The number of carbonyl (C=O) groups excluding carboxylic acids is 2. The van der Waals surface area contributed by atoms with Crippen molar-refractivity contribution in [3.05, 3.63) is 78.0 Å². The number of aryl methyl sites for hydroxylation is 1. The predicted molar refractivity (Wildman–Crippen MR) is 156 cm³/mol. The zero-order valence-corrected chi connectivity index (χ0v) is 23.4. The lowest BCUT2D eigenvalue weighted by Gasteiger charge is -2.26. The summed E-state index contributed by atoms with van der Waals surface area (Å²) in [4.78, 5) is 27.6. The topological polar surface area (TPSA) is 97.7 Å². The van der Waals surface area contributed by atoms with E-state index in [4.69, 9.17) is 14.6 Å². The van der Waals surface area contributed by atoms with Gasteiger partial charge in [0.2, 0.25) is 0 Å². The smallest absolute Gasteiger partial charge is 0.324 e. The number of nitrogens with one attached hydrogen (secondary N) is 2. The first-order chi connectivity index (χ1) is 19.2. The summed E-state index contributed by atoms with van der Waals surface area (Å²) in [6, 6.07) is 20.7. The fourth-order valence-electron chi connectivity index (χ4n) is 4.54. The molecule has 0 radical (unpaired) electrons. The Morgan fingerprint density at radius 3 is 2.35 bits per heavy atom. The molecule has 9 nitrogen and oxygen atoms in total. The van der Waals surface area contributed by atoms with Crippen LogP contribution in [0.4, 0.5) is 16.3 Å². The fraction of sp³-hybridized carbons (Fsp3) is 0.323. The van der Waals surface area contributed by atoms with Gasteiger partial charge in [0.15, 0.2) is 6.61 Å². The second-order valence-electron chi connectivity index (χ2n) is 10.9. The van der Waals surface area contributed by atoms with E-state index in [9.17, 15) is 9.59 Å². The van der Waals surface area contributed by atoms with Crippen molar-refractivity contribution >= 4 is 34.2 Å². The number of benzene rings is 3. The van der Waals surface area contributed by atoms with Gasteiger partial charge in [-0.1, -0.05) is 62.7 Å². The number of hydrogen-bond acceptors (Lipinski definition) is 5. The summed E-state index contributed by atoms with van der Waals surface area (Å²) in [7, 11) is 0. The second kappa shape index (κ2) is 11.4. The normalized spacial score (nSPS) is 13.8. The Labute approximate surface area is 234 Å². The SMILES string of the molecule is Cc1ccc(-n2nc(C(C)(C)C)cc2NC(=O)Nc2ccc(OCC(=O)N3CCOCC3)c3ccccc23)cc1. The highest BCUT2D eigenvalue weighted by Gasteiger charge is 2.22. The molecule has 1 aliphatic rings. The molecule has 1 aliphatic heterocycles. The van der Waals surface area contributed by atoms with Crippen LogP contribution in [-0.4, -0.2) is 59.5 Å². The van der Waals surface area contributed by atoms with Gasteiger partial charge >= 0.3 is 6.03 Å². The van der Waals surface area contributed by atoms with Gasteiger partial charge in [0.05, 0.1) is 30.3 Å². The molecule has 4 aromatic rings. The number of ether oxygens (including phenoxy) is 2. The molecule has 0 atom stereocenters. The van der Waals surface area contributed by atoms with Crippen molar-refractivity contribution in [1.29, 1.82) is 0 Å². The molecule has 3 aromatic carbocycles. The maximum absolute atomic E-state index is 13.2. The van der Waals surface area contributed by atoms with Crippen LogP contribution < -0.4 is 15.4 Å². The number of aromatic nitrogens is 2. The van der Waals surface area contributed by atoms with E-state index in [1.165, 1.54) is 0 Å². The monoisotopic (exact) mass is 541 g/mol. The van der Waals surface area contributed by atoms with Crippen LogP contribution in [0.1, 0.15) is 32.0 Å². The molecular formula is C31H35N5O4. The lowest BCUT2D eigenvalue weighted by molar-refractivity contribution is -0.137. The van der Waals surface area contributed by atoms with Gasteiger partial charge in [-0.25, -0.2) is 9.48 Å². The minimum Gasteiger partial charge on any atom is -0.483 e. The first-order valence-electron chi connectivity index (χ1n) is 13.4. The quantitative estimate of drug-likeness (QED) is 0.335. The van der Waals surface area contributed by atoms with Crippen molar-refractivity contribution in [2.45, 2.75) is 33.1 Å². The fourth-order valence-corrected chi connectivity index (χ4v) is 4.54. The molecule has 2 N–H and O–H groups in total. The first kappa shape index (κ1) is 27.2. The summed E-state index contributed by atoms with van der Waals surface area (Å²) in [5.41, 5.74) is 3.29. The lowest BCUT2D eigenvalue weighted by Crippen LogP contribution is -2.42. The van der Waals surface area contributed by atoms with Crippen LogP contribution in [0.3, 0.4) is 0 Å². The Hall–Kier alpha value is -4.37. The van der Waals surface area contributed by atoms with E-state index in [1.54, 1.807) is 21.7 Å². The van der Waals surface area contributed by atoms with E-state index in [2.05, 4.69) is 31.4 Å². The highest BCUT2D eigenvalue weighted by atomic mass is 16.5. The van der Waals surface area contributed by atoms with E-state index in [0.29, 0.717) is 43.6 Å². The number of fused-ring (bicyclic) bond motifs is 1. The Morgan fingerprint density at radius 2 is 1.65 bits per heavy atom. The molecular weight excluding hydrogens is 506 g/mol. The maximum Gasteiger partial charge on any atom is 0.324 e. The summed E-state index contributed by atoms with van der Waals surface area (Å²) in [6.07, 6.45) is 0. The van der Waals surface area contributed by atoms with Gasteiger partial charge in [0.25, 0.3) is 5.91 Å². The average molecular weight is 542 g/mol. The summed E-state index contributed by atoms with van der Waals surface area (Å²) in [5, 5.41) is 12.4. The molecule has 0 unspecified atom stereocenters. The average Bonchev–Trinajstić information content (AvgIpc) is 3.37. The molecule has 0 bridgehead atoms. The third-order valence-corrected chi connectivity index (χ3v) is 6.85. The molecule has 5 rings (SSSR count). The number of carbonyl (C=O) groups is 2. The van der Waals surface area contributed by atoms with Crippen LogP contribution in [0.15, 0.2) is 66.7 Å². The zero-order chi connectivity index (χ0) is 28.3. The van der Waals surface area contributed by atoms with Gasteiger partial charge in [0.1, 0.15) is 11.6 Å². The van der Waals surface area contributed by atoms with Gasteiger partial charge in [0, 0.05) is 35.3 Å². The number of amides is 3. The minimum atomic E-state index is -0.393. The van der Waals surface area contributed by atoms with Crippen LogP contribution >= 0.6 is 0 Å². The number of morpholine rings is 1. The molecule has 9 heteroatoms. The van der Waals surface area contributed by atoms with Crippen LogP contribution in [0.2, 0.25) is 0 Å². The molecule has 2 heterocycles. The number of hydrogen-bond donors (Lipinski definition) is 2. The van der Waals surface area contributed by atoms with Crippen LogP contribution in [-0.2, 0) is 14.9 Å². The zero-order valence-electron chi connectivity index (χ0n) is 23.4. The molecule has 1 saturated heterocycles. The van der Waals surface area contributed by atoms with E-state index in [0.717, 1.165) is 27.7 Å². The molecule has 0 aliphatic carbocycles. The highest BCUT2D eigenvalue weighted by Crippen LogP contribution is 2.32. The summed E-state index contributed by atoms with van der Waals surface area (Å²) < 4.78 is 13.0. The molecule has 40 heavy (non-hydrogen) atoms. The van der Waals surface area contributed by atoms with Crippen LogP contribution in [0.5, 0.6) is 5.75 Å². The molecule has 3 amide bonds. The van der Waals surface area contributed by atoms with E-state index >= 15 is 0 Å². The van der Waals surface area contributed by atoms with Gasteiger partial charge < -0.3 is 19.7 Å². The van der Waals surface area contributed by atoms with Gasteiger partial charge in [-0.2, -0.15) is 5.10 Å². The molecule has 1 aromatic heterocycles. The third-order valence-electron chi connectivity index (χ3n) is 6.85. The van der Waals surface area contributed by atoms with Gasteiger partial charge in [-0.3, -0.25) is 10.1 Å². The summed E-state index contributed by atoms with van der Waals surface area (Å²) in [5.74, 6) is 1.07. The van der Waals surface area contributed by atoms with Crippen LogP contribution in [0, 0.1) is 6.92 Å². The first-order valence-corrected chi connectivity index (χ1v) is 13.4. The number of anilines is 2. The largest absolute Gasteiger partial charge is 0.483 e. The Kier molecular flexibility index (Phi) is 7.75. The lowest BCUT2D eigenvalue weighted by atomic mass is 9.92. The van der Waals surface area contributed by atoms with Gasteiger partial charge in [-0.05, 0) is 31.2 Å². The molecule has 1 fully saturated rings. The molecule has 0 spiro atoms. The standard InChI is InChI=1S/C31H35N5O4/c1-21-9-11-22(12-10-21)36-28(19-27(34-36)31(2,3)4)33-30(38)32-25-13-14-26(24-8-6-5-7-23(24)25)40-20-29(37)35-15-17-39-18-16-35/h5-14,19H,15-18,20H2,1-4H3,(H2,32,33,38). The van der Waals surface area contributed by atoms with E-state index < -0.39 is 6.03 Å². The van der Waals surface area contributed by atoms with Crippen molar-refractivity contribution in [2.75, 3.05) is 43.5 Å². The molecule has 208 valence electrons. The summed E-state index contributed by atoms with van der Waals surface area (Å²) in [6.45, 7) is 10.5. The van der Waals surface area contributed by atoms with Crippen molar-refractivity contribution in [3.8, 4) is 11.4 Å². The summed E-state index contributed by atoms with van der Waals surface area (Å²) >= 11 is 0. The van der Waals surface area contributed by atoms with Crippen molar-refractivity contribution in [1.82, 2.24) is 14.7 Å². The maximum atomic E-state index is 13.2. The van der Waals surface area contributed by atoms with E-state index in [1.807, 2.05) is 61.5 Å². The second-order valence-corrected chi connectivity index (χ2v) is 10.9. The number of rotatable bonds is 6. The minimum absolute atomic E-state index is 0.0592. The Morgan fingerprint density at radius 1 is 0.950 bits per heavy atom.